The molecular weight excluding hydrogens is 738 g/mol. The number of hydrogen-bond donors (Lipinski definition) is 9. The summed E-state index contributed by atoms with van der Waals surface area (Å²) in [4.78, 5) is 13.0. The minimum Gasteiger partial charge on any atom is -0.394 e. The fourth-order valence-electron chi connectivity index (χ4n) is 7.46. The summed E-state index contributed by atoms with van der Waals surface area (Å²) >= 11 is 0. The number of carbonyl (C=O) groups excluding carboxylic acids is 1. The molecule has 336 valence electrons. The third kappa shape index (κ3) is 20.2. The zero-order chi connectivity index (χ0) is 41.8. The summed E-state index contributed by atoms with van der Waals surface area (Å²) < 4.78 is 22.6. The van der Waals surface area contributed by atoms with E-state index in [1.54, 1.807) is 0 Å². The van der Waals surface area contributed by atoms with Crippen LogP contribution in [0.2, 0.25) is 0 Å². The molecule has 0 aromatic heterocycles. The second-order valence-corrected chi connectivity index (χ2v) is 16.2. The topological polar surface area (TPSA) is 228 Å². The Morgan fingerprint density at radius 1 is 0.614 bits per heavy atom. The van der Waals surface area contributed by atoms with Crippen LogP contribution in [0, 0.1) is 0 Å². The number of amides is 1. The van der Waals surface area contributed by atoms with Crippen LogP contribution in [-0.4, -0.2) is 140 Å². The van der Waals surface area contributed by atoms with Crippen LogP contribution in [0.15, 0.2) is 12.2 Å². The van der Waals surface area contributed by atoms with Crippen LogP contribution in [0.25, 0.3) is 0 Å². The molecule has 2 saturated heterocycles. The normalized spacial score (nSPS) is 29.2. The Morgan fingerprint density at radius 3 is 1.67 bits per heavy atom. The Balaban J connectivity index is 1.81. The van der Waals surface area contributed by atoms with Gasteiger partial charge in [0.25, 0.3) is 0 Å². The first kappa shape index (κ1) is 51.9. The summed E-state index contributed by atoms with van der Waals surface area (Å²) in [6.45, 7) is 2.75. The van der Waals surface area contributed by atoms with Crippen molar-refractivity contribution in [1.29, 1.82) is 0 Å². The molecule has 9 N–H and O–H groups in total. The number of allylic oxidation sites excluding steroid dienone is 2. The van der Waals surface area contributed by atoms with Crippen molar-refractivity contribution < 1.29 is 64.6 Å². The van der Waals surface area contributed by atoms with E-state index in [0.717, 1.165) is 70.6 Å². The lowest BCUT2D eigenvalue weighted by atomic mass is 9.97. The highest BCUT2D eigenvalue weighted by molar-refractivity contribution is 5.76. The quantitative estimate of drug-likeness (QED) is 0.0337. The van der Waals surface area contributed by atoms with Gasteiger partial charge in [0.2, 0.25) is 5.91 Å². The number of rotatable bonds is 33. The van der Waals surface area contributed by atoms with Gasteiger partial charge in [-0.15, -0.1) is 0 Å². The van der Waals surface area contributed by atoms with Gasteiger partial charge in [0, 0.05) is 6.42 Å². The molecule has 0 aromatic rings. The van der Waals surface area contributed by atoms with Gasteiger partial charge in [-0.1, -0.05) is 129 Å². The fraction of sp³-hybridized carbons (Fsp3) is 0.930. The average molecular weight is 820 g/mol. The van der Waals surface area contributed by atoms with E-state index in [2.05, 4.69) is 31.3 Å². The van der Waals surface area contributed by atoms with E-state index < -0.39 is 86.8 Å². The highest BCUT2D eigenvalue weighted by Gasteiger charge is 2.51. The monoisotopic (exact) mass is 820 g/mol. The summed E-state index contributed by atoms with van der Waals surface area (Å²) in [5, 5.41) is 86.2. The Hall–Kier alpha value is -1.27. The Bertz CT molecular complexity index is 1020. The molecule has 2 heterocycles. The molecule has 0 saturated carbocycles. The van der Waals surface area contributed by atoms with E-state index in [9.17, 15) is 45.6 Å². The summed E-state index contributed by atoms with van der Waals surface area (Å²) in [6.07, 6.45) is 12.6. The molecule has 0 aromatic carbocycles. The zero-order valence-corrected chi connectivity index (χ0v) is 35.1. The first-order valence-corrected chi connectivity index (χ1v) is 22.4. The SMILES string of the molecule is CCCCCCCC/C=C\CCCCCCCCCC(=O)NC(COC1OC(CO)C(OC2OC(CO)C(O)C(O)C2O)C(O)C1O)C(O)CCCCCCCC. The minimum absolute atomic E-state index is 0.218. The van der Waals surface area contributed by atoms with E-state index in [1.807, 2.05) is 0 Å². The maximum Gasteiger partial charge on any atom is 0.220 e. The number of aliphatic hydroxyl groups excluding tert-OH is 8. The molecule has 2 fully saturated rings. The second kappa shape index (κ2) is 31.6. The highest BCUT2D eigenvalue weighted by atomic mass is 16.7. The van der Waals surface area contributed by atoms with Gasteiger partial charge in [-0.25, -0.2) is 0 Å². The number of ether oxygens (including phenoxy) is 4. The van der Waals surface area contributed by atoms with Gasteiger partial charge in [0.15, 0.2) is 12.6 Å². The van der Waals surface area contributed by atoms with Crippen LogP contribution in [-0.2, 0) is 23.7 Å². The Morgan fingerprint density at radius 2 is 1.11 bits per heavy atom. The Labute approximate surface area is 342 Å². The maximum atomic E-state index is 13.0. The van der Waals surface area contributed by atoms with Gasteiger partial charge in [0.1, 0.15) is 48.8 Å². The largest absolute Gasteiger partial charge is 0.394 e. The summed E-state index contributed by atoms with van der Waals surface area (Å²) in [5.41, 5.74) is 0. The predicted octanol–water partition coefficient (Wildman–Crippen LogP) is 4.04. The lowest BCUT2D eigenvalue weighted by Crippen LogP contribution is -2.65. The van der Waals surface area contributed by atoms with E-state index in [1.165, 1.54) is 64.2 Å². The van der Waals surface area contributed by atoms with Gasteiger partial charge in [-0.3, -0.25) is 4.79 Å². The van der Waals surface area contributed by atoms with Crippen molar-refractivity contribution in [3.63, 3.8) is 0 Å². The summed E-state index contributed by atoms with van der Waals surface area (Å²) in [5.74, 6) is -0.218. The minimum atomic E-state index is -1.78. The van der Waals surface area contributed by atoms with Gasteiger partial charge in [-0.05, 0) is 38.5 Å². The van der Waals surface area contributed by atoms with Crippen molar-refractivity contribution in [2.24, 2.45) is 0 Å². The number of aliphatic hydroxyl groups is 8. The summed E-state index contributed by atoms with van der Waals surface area (Å²) in [7, 11) is 0. The second-order valence-electron chi connectivity index (χ2n) is 16.2. The van der Waals surface area contributed by atoms with Gasteiger partial charge in [0.05, 0.1) is 32.0 Å². The average Bonchev–Trinajstić information content (AvgIpc) is 3.21. The van der Waals surface area contributed by atoms with Crippen LogP contribution in [0.5, 0.6) is 0 Å². The van der Waals surface area contributed by atoms with E-state index >= 15 is 0 Å². The highest BCUT2D eigenvalue weighted by Crippen LogP contribution is 2.30. The Kier molecular flexibility index (Phi) is 28.7. The van der Waals surface area contributed by atoms with Gasteiger partial charge in [-0.2, -0.15) is 0 Å². The predicted molar refractivity (Wildman–Crippen MR) is 217 cm³/mol. The molecule has 14 heteroatoms. The molecule has 1 amide bonds. The van der Waals surface area contributed by atoms with Gasteiger partial charge < -0.3 is 65.1 Å². The van der Waals surface area contributed by atoms with Crippen LogP contribution < -0.4 is 5.32 Å². The van der Waals surface area contributed by atoms with E-state index in [4.69, 9.17) is 18.9 Å². The standard InChI is InChI=1S/C43H81NO13/c1-3-5-7-9-11-12-13-14-15-16-17-18-19-20-21-23-25-27-35(48)44-31(32(47)26-24-22-10-8-6-4-2)30-54-42-40(53)38(51)41(34(29-46)56-42)57-43-39(52)37(50)36(49)33(28-45)55-43/h14-15,31-34,36-43,45-47,49-53H,3-13,16-30H2,1-2H3,(H,44,48)/b15-14-. The lowest BCUT2D eigenvalue weighted by Gasteiger charge is -2.46. The van der Waals surface area contributed by atoms with Crippen molar-refractivity contribution in [3.05, 3.63) is 12.2 Å². The number of carbonyl (C=O) groups is 1. The first-order chi connectivity index (χ1) is 27.6. The molecule has 0 spiro atoms. The third-order valence-corrected chi connectivity index (χ3v) is 11.2. The molecule has 12 atom stereocenters. The molecule has 14 nitrogen and oxygen atoms in total. The molecule has 57 heavy (non-hydrogen) atoms. The first-order valence-electron chi connectivity index (χ1n) is 22.4. The van der Waals surface area contributed by atoms with Crippen LogP contribution in [0.1, 0.15) is 162 Å². The summed E-state index contributed by atoms with van der Waals surface area (Å²) in [6, 6.07) is -0.823. The van der Waals surface area contributed by atoms with Crippen LogP contribution in [0.3, 0.4) is 0 Å². The van der Waals surface area contributed by atoms with Gasteiger partial charge >= 0.3 is 0 Å². The van der Waals surface area contributed by atoms with Crippen LogP contribution >= 0.6 is 0 Å². The molecule has 0 aliphatic carbocycles. The molecule has 0 radical (unpaired) electrons. The van der Waals surface area contributed by atoms with Crippen molar-refractivity contribution in [1.82, 2.24) is 5.32 Å². The molecule has 2 aliphatic heterocycles. The maximum absolute atomic E-state index is 13.0. The van der Waals surface area contributed by atoms with Crippen molar-refractivity contribution in [3.8, 4) is 0 Å². The molecule has 12 unspecified atom stereocenters. The van der Waals surface area contributed by atoms with Crippen LogP contribution in [0.4, 0.5) is 0 Å². The molecule has 2 rings (SSSR count). The molecule has 0 bridgehead atoms. The zero-order valence-electron chi connectivity index (χ0n) is 35.1. The fourth-order valence-corrected chi connectivity index (χ4v) is 7.46. The smallest absolute Gasteiger partial charge is 0.220 e. The molecule has 2 aliphatic rings. The number of unbranched alkanes of at least 4 members (excludes halogenated alkanes) is 18. The lowest BCUT2D eigenvalue weighted by molar-refractivity contribution is -0.359. The van der Waals surface area contributed by atoms with E-state index in [-0.39, 0.29) is 12.5 Å². The number of nitrogens with one attached hydrogen (secondary N) is 1. The number of hydrogen-bond acceptors (Lipinski definition) is 13. The van der Waals surface area contributed by atoms with Crippen molar-refractivity contribution >= 4 is 5.91 Å². The third-order valence-electron chi connectivity index (χ3n) is 11.2. The molecular formula is C43H81NO13. The van der Waals surface area contributed by atoms with Crippen molar-refractivity contribution in [2.75, 3.05) is 19.8 Å². The van der Waals surface area contributed by atoms with Crippen molar-refractivity contribution in [2.45, 2.75) is 235 Å². The van der Waals surface area contributed by atoms with E-state index in [0.29, 0.717) is 12.8 Å².